The summed E-state index contributed by atoms with van der Waals surface area (Å²) in [7, 11) is 0. The first-order chi connectivity index (χ1) is 11.6. The number of rotatable bonds is 11. The second-order valence-electron chi connectivity index (χ2n) is 6.16. The molecule has 1 aromatic heterocycles. The lowest BCUT2D eigenvalue weighted by Gasteiger charge is -2.11. The van der Waals surface area contributed by atoms with Crippen molar-refractivity contribution in [3.8, 4) is 0 Å². The first-order valence-corrected chi connectivity index (χ1v) is 9.03. The van der Waals surface area contributed by atoms with E-state index in [-0.39, 0.29) is 30.1 Å². The molecule has 0 amide bonds. The van der Waals surface area contributed by atoms with Gasteiger partial charge in [0.15, 0.2) is 11.8 Å². The fourth-order valence-corrected chi connectivity index (χ4v) is 2.19. The van der Waals surface area contributed by atoms with Gasteiger partial charge in [-0.2, -0.15) is 4.98 Å². The van der Waals surface area contributed by atoms with Gasteiger partial charge >= 0.3 is 0 Å². The lowest BCUT2D eigenvalue weighted by atomic mass is 10.1. The first-order valence-electron chi connectivity index (χ1n) is 9.03. The van der Waals surface area contributed by atoms with E-state index < -0.39 is 0 Å². The number of ether oxygens (including phenoxy) is 1. The van der Waals surface area contributed by atoms with Crippen molar-refractivity contribution in [2.45, 2.75) is 66.5 Å². The van der Waals surface area contributed by atoms with Crippen LogP contribution in [-0.2, 0) is 11.3 Å². The zero-order chi connectivity index (χ0) is 17.8. The molecule has 0 radical (unpaired) electrons. The van der Waals surface area contributed by atoms with Gasteiger partial charge in [-0.25, -0.2) is 4.99 Å². The minimum Gasteiger partial charge on any atom is -0.371 e. The van der Waals surface area contributed by atoms with Crippen molar-refractivity contribution in [2.75, 3.05) is 19.7 Å². The Kier molecular flexibility index (Phi) is 13.8. The number of halogens is 1. The second-order valence-corrected chi connectivity index (χ2v) is 6.16. The molecular weight excluding hydrogens is 433 g/mol. The Morgan fingerprint density at radius 3 is 2.60 bits per heavy atom. The molecule has 1 heterocycles. The van der Waals surface area contributed by atoms with E-state index in [0.29, 0.717) is 24.9 Å². The van der Waals surface area contributed by atoms with Crippen LogP contribution in [0.1, 0.15) is 71.7 Å². The number of hydrogen-bond donors (Lipinski definition) is 2. The van der Waals surface area contributed by atoms with Crippen LogP contribution in [0.15, 0.2) is 9.52 Å². The molecule has 0 aliphatic heterocycles. The maximum absolute atomic E-state index is 5.45. The summed E-state index contributed by atoms with van der Waals surface area (Å²) < 4.78 is 10.7. The summed E-state index contributed by atoms with van der Waals surface area (Å²) >= 11 is 0. The molecule has 7 nitrogen and oxygen atoms in total. The molecule has 0 saturated carbocycles. The first kappa shape index (κ1) is 24.1. The Hall–Kier alpha value is -0.900. The number of aliphatic imine (C=N–C) groups is 1. The van der Waals surface area contributed by atoms with Gasteiger partial charge in [-0.3, -0.25) is 0 Å². The van der Waals surface area contributed by atoms with Crippen LogP contribution < -0.4 is 10.6 Å². The summed E-state index contributed by atoms with van der Waals surface area (Å²) in [5.41, 5.74) is 0. The summed E-state index contributed by atoms with van der Waals surface area (Å²) in [4.78, 5) is 8.82. The molecule has 2 N–H and O–H groups in total. The number of unbranched alkanes of at least 4 members (excludes halogenated alkanes) is 1. The molecule has 0 aromatic carbocycles. The molecule has 146 valence electrons. The normalized spacial score (nSPS) is 12.8. The summed E-state index contributed by atoms with van der Waals surface area (Å²) in [6.45, 7) is 13.1. The Labute approximate surface area is 168 Å². The number of nitrogens with one attached hydrogen (secondary N) is 2. The van der Waals surface area contributed by atoms with Crippen molar-refractivity contribution in [3.05, 3.63) is 11.7 Å². The minimum absolute atomic E-state index is 0. The molecule has 0 aliphatic rings. The van der Waals surface area contributed by atoms with E-state index in [1.54, 1.807) is 0 Å². The van der Waals surface area contributed by atoms with Crippen molar-refractivity contribution in [1.29, 1.82) is 0 Å². The molecule has 1 unspecified atom stereocenters. The average Bonchev–Trinajstić information content (AvgIpc) is 3.01. The van der Waals surface area contributed by atoms with Crippen LogP contribution in [0.5, 0.6) is 0 Å². The number of aromatic nitrogens is 2. The Morgan fingerprint density at radius 2 is 1.96 bits per heavy atom. The Morgan fingerprint density at radius 1 is 1.20 bits per heavy atom. The van der Waals surface area contributed by atoms with Gasteiger partial charge in [0.25, 0.3) is 0 Å². The van der Waals surface area contributed by atoms with Gasteiger partial charge in [0, 0.05) is 19.7 Å². The maximum Gasteiger partial charge on any atom is 0.248 e. The van der Waals surface area contributed by atoms with Crippen molar-refractivity contribution in [1.82, 2.24) is 20.8 Å². The quantitative estimate of drug-likeness (QED) is 0.224. The third kappa shape index (κ3) is 10.6. The van der Waals surface area contributed by atoms with Gasteiger partial charge in [0.1, 0.15) is 12.6 Å². The van der Waals surface area contributed by atoms with E-state index in [1.807, 2.05) is 20.8 Å². The minimum atomic E-state index is -0.163. The topological polar surface area (TPSA) is 84.6 Å². The highest BCUT2D eigenvalue weighted by Crippen LogP contribution is 2.12. The van der Waals surface area contributed by atoms with E-state index in [2.05, 4.69) is 39.6 Å². The van der Waals surface area contributed by atoms with Gasteiger partial charge in [0.05, 0.1) is 0 Å². The molecule has 0 bridgehead atoms. The number of guanidine groups is 1. The molecule has 0 saturated heterocycles. The Bertz CT molecular complexity index is 479. The van der Waals surface area contributed by atoms with Crippen LogP contribution in [-0.4, -0.2) is 35.8 Å². The zero-order valence-electron chi connectivity index (χ0n) is 16.2. The molecule has 1 rings (SSSR count). The summed E-state index contributed by atoms with van der Waals surface area (Å²) in [6.07, 6.45) is 3.47. The Balaban J connectivity index is 0.00000576. The molecule has 1 aromatic rings. The van der Waals surface area contributed by atoms with Gasteiger partial charge in [-0.05, 0) is 33.1 Å². The third-order valence-corrected chi connectivity index (χ3v) is 3.48. The van der Waals surface area contributed by atoms with Crippen LogP contribution in [0.25, 0.3) is 0 Å². The van der Waals surface area contributed by atoms with Crippen LogP contribution in [0, 0.1) is 5.92 Å². The van der Waals surface area contributed by atoms with Gasteiger partial charge in [-0.15, -0.1) is 24.0 Å². The number of nitrogens with zero attached hydrogens (tertiary/aromatic N) is 3. The third-order valence-electron chi connectivity index (χ3n) is 3.48. The second kappa shape index (κ2) is 14.3. The predicted octanol–water partition coefficient (Wildman–Crippen LogP) is 3.67. The van der Waals surface area contributed by atoms with E-state index in [9.17, 15) is 0 Å². The number of hydrogen-bond acceptors (Lipinski definition) is 5. The van der Waals surface area contributed by atoms with Crippen LogP contribution in [0.3, 0.4) is 0 Å². The monoisotopic (exact) mass is 467 g/mol. The van der Waals surface area contributed by atoms with Gasteiger partial charge in [0.2, 0.25) is 5.89 Å². The van der Waals surface area contributed by atoms with Crippen LogP contribution in [0.4, 0.5) is 0 Å². The lowest BCUT2D eigenvalue weighted by Crippen LogP contribution is -2.37. The van der Waals surface area contributed by atoms with E-state index in [4.69, 9.17) is 9.26 Å². The summed E-state index contributed by atoms with van der Waals surface area (Å²) in [5, 5.41) is 10.5. The van der Waals surface area contributed by atoms with Crippen molar-refractivity contribution in [2.24, 2.45) is 10.9 Å². The average molecular weight is 467 g/mol. The fourth-order valence-electron chi connectivity index (χ4n) is 2.19. The van der Waals surface area contributed by atoms with Crippen molar-refractivity contribution < 1.29 is 9.26 Å². The fraction of sp³-hybridized carbons (Fsp3) is 0.824. The molecular formula is C17H34IN5O2. The standard InChI is InChI=1S/C17H33N5O2.HI/c1-6-18-17(19-11-9-8-10-13(3)4)20-12-15-21-16(22-24-15)14(5)23-7-2;/h13-14H,6-12H2,1-5H3,(H2,18,19,20);1H. The predicted molar refractivity (Wildman–Crippen MR) is 111 cm³/mol. The highest BCUT2D eigenvalue weighted by Gasteiger charge is 2.13. The maximum atomic E-state index is 5.45. The SMILES string of the molecule is CCNC(=NCc1nc(C(C)OCC)no1)NCCCCC(C)C.I. The molecule has 0 spiro atoms. The zero-order valence-corrected chi connectivity index (χ0v) is 18.5. The summed E-state index contributed by atoms with van der Waals surface area (Å²) in [6, 6.07) is 0. The van der Waals surface area contributed by atoms with Crippen LogP contribution >= 0.6 is 24.0 Å². The van der Waals surface area contributed by atoms with Gasteiger partial charge < -0.3 is 19.9 Å². The van der Waals surface area contributed by atoms with Crippen molar-refractivity contribution >= 4 is 29.9 Å². The molecule has 25 heavy (non-hydrogen) atoms. The molecule has 1 atom stereocenters. The van der Waals surface area contributed by atoms with E-state index >= 15 is 0 Å². The molecule has 0 fully saturated rings. The lowest BCUT2D eigenvalue weighted by molar-refractivity contribution is 0.0683. The summed E-state index contributed by atoms with van der Waals surface area (Å²) in [5.74, 6) is 2.60. The van der Waals surface area contributed by atoms with Crippen LogP contribution in [0.2, 0.25) is 0 Å². The largest absolute Gasteiger partial charge is 0.371 e. The van der Waals surface area contributed by atoms with E-state index in [1.165, 1.54) is 12.8 Å². The highest BCUT2D eigenvalue weighted by atomic mass is 127. The van der Waals surface area contributed by atoms with Crippen molar-refractivity contribution in [3.63, 3.8) is 0 Å². The van der Waals surface area contributed by atoms with Gasteiger partial charge in [-0.1, -0.05) is 31.8 Å². The highest BCUT2D eigenvalue weighted by molar-refractivity contribution is 14.0. The smallest absolute Gasteiger partial charge is 0.248 e. The molecule has 8 heteroatoms. The molecule has 0 aliphatic carbocycles. The van der Waals surface area contributed by atoms with E-state index in [0.717, 1.165) is 31.4 Å².